The van der Waals surface area contributed by atoms with Crippen LogP contribution in [0.1, 0.15) is 129 Å². The highest BCUT2D eigenvalue weighted by Crippen LogP contribution is 2.33. The number of rotatable bonds is 33. The minimum Gasteiger partial charge on any atom is -0.394 e. The van der Waals surface area contributed by atoms with Gasteiger partial charge in [0.25, 0.3) is 0 Å². The first-order valence-electron chi connectivity index (χ1n) is 24.7. The van der Waals surface area contributed by atoms with Gasteiger partial charge in [0.05, 0.1) is 38.6 Å². The molecule has 12 N–H and O–H groups in total. The maximum absolute atomic E-state index is 13.2. The van der Waals surface area contributed by atoms with Gasteiger partial charge in [-0.15, -0.1) is 0 Å². The maximum Gasteiger partial charge on any atom is 0.220 e. The van der Waals surface area contributed by atoms with Gasteiger partial charge in [-0.2, -0.15) is 0 Å². The molecule has 3 rings (SSSR count). The number of aliphatic hydroxyl groups excluding tert-OH is 11. The van der Waals surface area contributed by atoms with Crippen LogP contribution in [0.5, 0.6) is 0 Å². The van der Waals surface area contributed by atoms with Crippen molar-refractivity contribution in [1.82, 2.24) is 5.32 Å². The summed E-state index contributed by atoms with van der Waals surface area (Å²) in [6, 6.07) is -0.989. The second-order valence-corrected chi connectivity index (χ2v) is 17.9. The molecule has 3 aliphatic heterocycles. The van der Waals surface area contributed by atoms with Crippen molar-refractivity contribution in [1.29, 1.82) is 0 Å². The number of amides is 1. The van der Waals surface area contributed by atoms with Gasteiger partial charge in [-0.05, 0) is 57.8 Å². The molecule has 3 saturated heterocycles. The van der Waals surface area contributed by atoms with Crippen molar-refractivity contribution in [3.05, 3.63) is 36.5 Å². The number of nitrogens with one attached hydrogen (secondary N) is 1. The first-order chi connectivity index (χ1) is 32.3. The van der Waals surface area contributed by atoms with Crippen molar-refractivity contribution in [2.45, 2.75) is 234 Å². The normalized spacial score (nSPS) is 33.8. The van der Waals surface area contributed by atoms with Crippen molar-refractivity contribution >= 4 is 5.91 Å². The minimum atomic E-state index is -1.98. The Kier molecular flexibility index (Phi) is 29.7. The first-order valence-corrected chi connectivity index (χ1v) is 24.7. The molecule has 17 unspecified atom stereocenters. The van der Waals surface area contributed by atoms with E-state index in [2.05, 4.69) is 43.5 Å². The Balaban J connectivity index is 1.59. The lowest BCUT2D eigenvalue weighted by atomic mass is 9.96. The molecule has 67 heavy (non-hydrogen) atoms. The van der Waals surface area contributed by atoms with E-state index < -0.39 is 124 Å². The smallest absolute Gasteiger partial charge is 0.220 e. The van der Waals surface area contributed by atoms with E-state index in [1.165, 1.54) is 38.5 Å². The Morgan fingerprint density at radius 2 is 0.955 bits per heavy atom. The molecule has 0 aliphatic carbocycles. The van der Waals surface area contributed by atoms with Crippen molar-refractivity contribution in [2.75, 3.05) is 26.4 Å². The Morgan fingerprint density at radius 1 is 0.522 bits per heavy atom. The van der Waals surface area contributed by atoms with Gasteiger partial charge in [0, 0.05) is 6.42 Å². The van der Waals surface area contributed by atoms with Crippen LogP contribution in [0.15, 0.2) is 36.5 Å². The Bertz CT molecular complexity index is 1390. The minimum absolute atomic E-state index is 0.224. The molecule has 0 bridgehead atoms. The molecule has 0 aromatic carbocycles. The summed E-state index contributed by atoms with van der Waals surface area (Å²) in [4.78, 5) is 13.2. The number of ether oxygens (including phenoxy) is 6. The monoisotopic (exact) mass is 964 g/mol. The van der Waals surface area contributed by atoms with Gasteiger partial charge < -0.3 is 89.9 Å². The topological polar surface area (TPSA) is 307 Å². The van der Waals surface area contributed by atoms with Crippen LogP contribution in [0.4, 0.5) is 0 Å². The summed E-state index contributed by atoms with van der Waals surface area (Å²) in [7, 11) is 0. The van der Waals surface area contributed by atoms with Crippen molar-refractivity contribution in [3.63, 3.8) is 0 Å². The van der Waals surface area contributed by atoms with E-state index in [1.54, 1.807) is 6.08 Å². The molecular formula is C48H85NO18. The molecule has 17 atom stereocenters. The number of hydrogen-bond acceptors (Lipinski definition) is 18. The third kappa shape index (κ3) is 20.0. The number of allylic oxidation sites excluding steroid dienone is 5. The predicted molar refractivity (Wildman–Crippen MR) is 245 cm³/mol. The fraction of sp³-hybridized carbons (Fsp3) is 0.854. The van der Waals surface area contributed by atoms with Gasteiger partial charge in [0.2, 0.25) is 5.91 Å². The number of carbonyl (C=O) groups is 1. The zero-order valence-electron chi connectivity index (χ0n) is 39.6. The fourth-order valence-corrected chi connectivity index (χ4v) is 8.20. The second kappa shape index (κ2) is 33.6. The number of aliphatic hydroxyl groups is 11. The summed E-state index contributed by atoms with van der Waals surface area (Å²) in [5, 5.41) is 119. The average molecular weight is 964 g/mol. The van der Waals surface area contributed by atoms with Gasteiger partial charge in [0.1, 0.15) is 73.2 Å². The molecule has 390 valence electrons. The Hall–Kier alpha value is -1.99. The predicted octanol–water partition coefficient (Wildman–Crippen LogP) is 1.03. The summed E-state index contributed by atoms with van der Waals surface area (Å²) in [6.45, 7) is 1.57. The van der Waals surface area contributed by atoms with Gasteiger partial charge >= 0.3 is 0 Å². The summed E-state index contributed by atoms with van der Waals surface area (Å²) in [5.74, 6) is -0.302. The van der Waals surface area contributed by atoms with E-state index in [4.69, 9.17) is 28.4 Å². The van der Waals surface area contributed by atoms with Crippen LogP contribution in [-0.4, -0.2) is 193 Å². The maximum atomic E-state index is 13.2. The van der Waals surface area contributed by atoms with Crippen LogP contribution < -0.4 is 5.32 Å². The zero-order valence-corrected chi connectivity index (χ0v) is 39.6. The lowest BCUT2D eigenvalue weighted by molar-refractivity contribution is -0.379. The standard InChI is InChI=1S/C48H85NO18/c1-3-5-7-9-11-13-15-16-18-20-22-24-26-36(54)49-31(32(53)25-23-21-19-17-14-12-10-8-6-4-2)30-62-46-42(60)39(57)44(34(28-51)64-46)67-48-43(61)40(58)45(35(29-52)65-48)66-47-41(59)38(56)37(55)33(27-50)63-47/h11,13-14,17,23,25,31-35,37-48,50-53,55-61H,3-10,12,15-16,18-22,24,26-30H2,1-2H3,(H,49,54)/b13-11-,17-14+,25-23+. The molecular weight excluding hydrogens is 879 g/mol. The molecule has 0 radical (unpaired) electrons. The summed E-state index contributed by atoms with van der Waals surface area (Å²) in [5.41, 5.74) is 0. The van der Waals surface area contributed by atoms with Crippen LogP contribution in [0.2, 0.25) is 0 Å². The highest BCUT2D eigenvalue weighted by Gasteiger charge is 2.53. The van der Waals surface area contributed by atoms with E-state index in [1.807, 2.05) is 6.08 Å². The van der Waals surface area contributed by atoms with E-state index >= 15 is 0 Å². The average Bonchev–Trinajstić information content (AvgIpc) is 3.32. The summed E-state index contributed by atoms with van der Waals surface area (Å²) < 4.78 is 34.0. The fourth-order valence-electron chi connectivity index (χ4n) is 8.20. The van der Waals surface area contributed by atoms with Crippen molar-refractivity contribution in [3.8, 4) is 0 Å². The van der Waals surface area contributed by atoms with E-state index in [0.29, 0.717) is 12.8 Å². The molecule has 3 fully saturated rings. The molecule has 19 heteroatoms. The van der Waals surface area contributed by atoms with Crippen LogP contribution >= 0.6 is 0 Å². The number of hydrogen-bond donors (Lipinski definition) is 12. The zero-order chi connectivity index (χ0) is 49.1. The molecule has 3 aliphatic rings. The lowest BCUT2D eigenvalue weighted by Crippen LogP contribution is -2.66. The number of carbonyl (C=O) groups excluding carboxylic acids is 1. The van der Waals surface area contributed by atoms with Crippen LogP contribution in [0, 0.1) is 0 Å². The van der Waals surface area contributed by atoms with Gasteiger partial charge in [-0.1, -0.05) is 102 Å². The Morgan fingerprint density at radius 3 is 1.52 bits per heavy atom. The van der Waals surface area contributed by atoms with E-state index in [0.717, 1.165) is 57.8 Å². The van der Waals surface area contributed by atoms with E-state index in [-0.39, 0.29) is 18.9 Å². The molecule has 19 nitrogen and oxygen atoms in total. The van der Waals surface area contributed by atoms with Gasteiger partial charge in [0.15, 0.2) is 18.9 Å². The summed E-state index contributed by atoms with van der Waals surface area (Å²) >= 11 is 0. The van der Waals surface area contributed by atoms with E-state index in [9.17, 15) is 61.0 Å². The van der Waals surface area contributed by atoms with Gasteiger partial charge in [-0.3, -0.25) is 4.79 Å². The Labute approximate surface area is 396 Å². The first kappa shape index (κ1) is 59.3. The highest BCUT2D eigenvalue weighted by atomic mass is 16.8. The van der Waals surface area contributed by atoms with Crippen LogP contribution in [0.3, 0.4) is 0 Å². The number of unbranched alkanes of at least 4 members (excludes halogenated alkanes) is 13. The molecule has 1 amide bonds. The molecule has 0 aromatic rings. The SMILES string of the molecule is CCCCC/C=C\CCCCCCCC(=O)NC(COC1OC(CO)C(OC2OC(CO)C(OC3OC(CO)C(O)C(O)C3O)C(O)C2O)C(O)C1O)C(O)/C=C/CC/C=C/CCCCCC. The van der Waals surface area contributed by atoms with Crippen LogP contribution in [-0.2, 0) is 33.2 Å². The third-order valence-corrected chi connectivity index (χ3v) is 12.4. The lowest BCUT2D eigenvalue weighted by Gasteiger charge is -2.48. The summed E-state index contributed by atoms with van der Waals surface area (Å²) in [6.07, 6.45) is 3.15. The molecule has 0 spiro atoms. The molecule has 3 heterocycles. The third-order valence-electron chi connectivity index (χ3n) is 12.4. The largest absolute Gasteiger partial charge is 0.394 e. The highest BCUT2D eigenvalue weighted by molar-refractivity contribution is 5.76. The van der Waals surface area contributed by atoms with Crippen LogP contribution in [0.25, 0.3) is 0 Å². The second-order valence-electron chi connectivity index (χ2n) is 17.9. The molecule has 0 saturated carbocycles. The quantitative estimate of drug-likeness (QED) is 0.0323. The molecule has 0 aromatic heterocycles. The van der Waals surface area contributed by atoms with Crippen molar-refractivity contribution < 1.29 is 89.4 Å². The van der Waals surface area contributed by atoms with Gasteiger partial charge in [-0.25, -0.2) is 0 Å². The van der Waals surface area contributed by atoms with Crippen molar-refractivity contribution in [2.24, 2.45) is 0 Å².